The first-order chi connectivity index (χ1) is 8.73. The molecule has 0 radical (unpaired) electrons. The molecule has 2 rings (SSSR count). The standard InChI is InChI=1S/C11H14N4OS2/c12-10(16)15-14-6-4-11(17-7-8-18-11)9-3-1-2-5-13-9/h1-3,5,7-8,14H,4,6H2,(H3,12,15,16). The van der Waals surface area contributed by atoms with Gasteiger partial charge in [-0.3, -0.25) is 10.4 Å². The van der Waals surface area contributed by atoms with Crippen molar-refractivity contribution in [2.45, 2.75) is 10.5 Å². The fraction of sp³-hybridized carbons (Fsp3) is 0.273. The quantitative estimate of drug-likeness (QED) is 0.566. The van der Waals surface area contributed by atoms with E-state index in [0.717, 1.165) is 12.1 Å². The molecule has 0 saturated carbocycles. The molecule has 1 aliphatic rings. The third-order valence-corrected chi connectivity index (χ3v) is 5.30. The molecule has 7 heteroatoms. The van der Waals surface area contributed by atoms with Crippen LogP contribution in [0.3, 0.4) is 0 Å². The Labute approximate surface area is 114 Å². The zero-order chi connectivity index (χ0) is 12.8. The topological polar surface area (TPSA) is 80.0 Å². The van der Waals surface area contributed by atoms with E-state index in [1.165, 1.54) is 0 Å². The summed E-state index contributed by atoms with van der Waals surface area (Å²) in [6.45, 7) is 0.626. The monoisotopic (exact) mass is 282 g/mol. The van der Waals surface area contributed by atoms with Gasteiger partial charge in [0.25, 0.3) is 0 Å². The van der Waals surface area contributed by atoms with Gasteiger partial charge in [0.15, 0.2) is 0 Å². The Kier molecular flexibility index (Phi) is 4.51. The number of pyridine rings is 1. The van der Waals surface area contributed by atoms with Crippen molar-refractivity contribution in [1.82, 2.24) is 15.8 Å². The van der Waals surface area contributed by atoms with Gasteiger partial charge in [-0.1, -0.05) is 6.07 Å². The lowest BCUT2D eigenvalue weighted by molar-refractivity contribution is 0.244. The van der Waals surface area contributed by atoms with Crippen LogP contribution in [-0.4, -0.2) is 17.6 Å². The van der Waals surface area contributed by atoms with Gasteiger partial charge in [-0.2, -0.15) is 0 Å². The number of amides is 2. The van der Waals surface area contributed by atoms with Crippen LogP contribution in [0.2, 0.25) is 0 Å². The Morgan fingerprint density at radius 3 is 2.78 bits per heavy atom. The van der Waals surface area contributed by atoms with Crippen LogP contribution in [-0.2, 0) is 4.08 Å². The predicted molar refractivity (Wildman–Crippen MR) is 75.6 cm³/mol. The molecule has 0 unspecified atom stereocenters. The maximum atomic E-state index is 10.6. The summed E-state index contributed by atoms with van der Waals surface area (Å²) in [4.78, 5) is 15.0. The molecule has 0 saturated heterocycles. The van der Waals surface area contributed by atoms with E-state index >= 15 is 0 Å². The number of nitrogens with zero attached hydrogens (tertiary/aromatic N) is 1. The molecule has 2 heterocycles. The number of hydrogen-bond donors (Lipinski definition) is 3. The van der Waals surface area contributed by atoms with Gasteiger partial charge in [-0.05, 0) is 29.4 Å². The van der Waals surface area contributed by atoms with Crippen molar-refractivity contribution in [3.05, 3.63) is 40.9 Å². The summed E-state index contributed by atoms with van der Waals surface area (Å²) in [7, 11) is 0. The second-order valence-electron chi connectivity index (χ2n) is 3.64. The molecule has 0 atom stereocenters. The number of aromatic nitrogens is 1. The molecular weight excluding hydrogens is 268 g/mol. The van der Waals surface area contributed by atoms with E-state index in [2.05, 4.69) is 26.7 Å². The minimum absolute atomic E-state index is 0.117. The predicted octanol–water partition coefficient (Wildman–Crippen LogP) is 1.75. The number of thioether (sulfide) groups is 2. The fourth-order valence-electron chi connectivity index (χ4n) is 1.63. The van der Waals surface area contributed by atoms with E-state index in [-0.39, 0.29) is 4.08 Å². The van der Waals surface area contributed by atoms with E-state index in [1.807, 2.05) is 18.2 Å². The number of carbonyl (C=O) groups excluding carboxylic acids is 1. The van der Waals surface area contributed by atoms with Crippen molar-refractivity contribution < 1.29 is 4.79 Å². The molecule has 96 valence electrons. The van der Waals surface area contributed by atoms with Crippen LogP contribution in [0.1, 0.15) is 12.1 Å². The van der Waals surface area contributed by atoms with Gasteiger partial charge >= 0.3 is 6.03 Å². The number of nitrogens with two attached hydrogens (primary N) is 1. The third-order valence-electron chi connectivity index (χ3n) is 2.42. The number of nitrogens with one attached hydrogen (secondary N) is 2. The van der Waals surface area contributed by atoms with Crippen molar-refractivity contribution in [3.63, 3.8) is 0 Å². The highest BCUT2D eigenvalue weighted by Gasteiger charge is 2.35. The van der Waals surface area contributed by atoms with Crippen LogP contribution in [0.25, 0.3) is 0 Å². The summed E-state index contributed by atoms with van der Waals surface area (Å²) in [5, 5.41) is 4.14. The number of rotatable bonds is 5. The molecule has 0 aliphatic carbocycles. The molecule has 18 heavy (non-hydrogen) atoms. The molecular formula is C11H14N4OS2. The van der Waals surface area contributed by atoms with Crippen molar-refractivity contribution in [2.75, 3.05) is 6.54 Å². The second kappa shape index (κ2) is 6.12. The Morgan fingerprint density at radius 1 is 1.39 bits per heavy atom. The van der Waals surface area contributed by atoms with Crippen LogP contribution >= 0.6 is 23.5 Å². The first-order valence-electron chi connectivity index (χ1n) is 5.43. The minimum atomic E-state index is -0.577. The molecule has 1 aliphatic heterocycles. The molecule has 0 bridgehead atoms. The van der Waals surface area contributed by atoms with Crippen molar-refractivity contribution >= 4 is 29.6 Å². The normalized spacial score (nSPS) is 16.7. The van der Waals surface area contributed by atoms with Crippen molar-refractivity contribution in [2.24, 2.45) is 5.73 Å². The second-order valence-corrected chi connectivity index (χ2v) is 6.31. The number of primary amides is 1. The molecule has 0 spiro atoms. The van der Waals surface area contributed by atoms with Crippen molar-refractivity contribution in [3.8, 4) is 0 Å². The van der Waals surface area contributed by atoms with Crippen LogP contribution in [0.15, 0.2) is 35.2 Å². The first-order valence-corrected chi connectivity index (χ1v) is 7.19. The number of hydrazine groups is 1. The van der Waals surface area contributed by atoms with Gasteiger partial charge in [0, 0.05) is 12.7 Å². The number of hydrogen-bond acceptors (Lipinski definition) is 5. The van der Waals surface area contributed by atoms with Crippen LogP contribution in [0.4, 0.5) is 4.79 Å². The van der Waals surface area contributed by atoms with Crippen molar-refractivity contribution in [1.29, 1.82) is 0 Å². The maximum absolute atomic E-state index is 10.6. The van der Waals surface area contributed by atoms with Gasteiger partial charge in [0.05, 0.1) is 5.69 Å². The van der Waals surface area contributed by atoms with E-state index < -0.39 is 6.03 Å². The highest BCUT2D eigenvalue weighted by atomic mass is 32.2. The summed E-state index contributed by atoms with van der Waals surface area (Å²) < 4.78 is -0.117. The summed E-state index contributed by atoms with van der Waals surface area (Å²) in [5.74, 6) is 0. The van der Waals surface area contributed by atoms with E-state index in [4.69, 9.17) is 5.73 Å². The molecule has 1 aromatic rings. The Hall–Kier alpha value is -1.18. The van der Waals surface area contributed by atoms with E-state index in [1.54, 1.807) is 29.7 Å². The van der Waals surface area contributed by atoms with Gasteiger partial charge in [-0.15, -0.1) is 23.5 Å². The lowest BCUT2D eigenvalue weighted by Gasteiger charge is -2.26. The average molecular weight is 282 g/mol. The summed E-state index contributed by atoms with van der Waals surface area (Å²) >= 11 is 3.48. The van der Waals surface area contributed by atoms with Crippen LogP contribution in [0, 0.1) is 0 Å². The Morgan fingerprint density at radius 2 is 2.17 bits per heavy atom. The lowest BCUT2D eigenvalue weighted by atomic mass is 10.2. The summed E-state index contributed by atoms with van der Waals surface area (Å²) in [5.41, 5.74) is 11.2. The third kappa shape index (κ3) is 3.18. The highest BCUT2D eigenvalue weighted by Crippen LogP contribution is 2.54. The SMILES string of the molecule is NC(=O)NNCCC1(c2ccccn2)SC=CS1. The molecule has 2 amide bonds. The number of urea groups is 1. The summed E-state index contributed by atoms with van der Waals surface area (Å²) in [6.07, 6.45) is 2.62. The zero-order valence-corrected chi connectivity index (χ0v) is 11.3. The first kappa shape index (κ1) is 13.3. The smallest absolute Gasteiger partial charge is 0.326 e. The number of carbonyl (C=O) groups is 1. The van der Waals surface area contributed by atoms with Crippen LogP contribution < -0.4 is 16.6 Å². The molecule has 4 N–H and O–H groups in total. The highest BCUT2D eigenvalue weighted by molar-refractivity contribution is 8.22. The van der Waals surface area contributed by atoms with Gasteiger partial charge in [0.2, 0.25) is 0 Å². The Balaban J connectivity index is 1.98. The molecule has 5 nitrogen and oxygen atoms in total. The molecule has 0 fully saturated rings. The average Bonchev–Trinajstić information content (AvgIpc) is 2.86. The van der Waals surface area contributed by atoms with Crippen LogP contribution in [0.5, 0.6) is 0 Å². The van der Waals surface area contributed by atoms with Gasteiger partial charge < -0.3 is 5.73 Å². The zero-order valence-electron chi connectivity index (χ0n) is 9.63. The molecule has 1 aromatic heterocycles. The largest absolute Gasteiger partial charge is 0.351 e. The van der Waals surface area contributed by atoms with Gasteiger partial charge in [-0.25, -0.2) is 10.2 Å². The lowest BCUT2D eigenvalue weighted by Crippen LogP contribution is -2.42. The van der Waals surface area contributed by atoms with E-state index in [9.17, 15) is 4.79 Å². The molecule has 0 aromatic carbocycles. The van der Waals surface area contributed by atoms with E-state index in [0.29, 0.717) is 6.54 Å². The minimum Gasteiger partial charge on any atom is -0.351 e. The fourth-order valence-corrected chi connectivity index (χ4v) is 4.00. The Bertz CT molecular complexity index is 430. The van der Waals surface area contributed by atoms with Gasteiger partial charge in [0.1, 0.15) is 4.08 Å². The summed E-state index contributed by atoms with van der Waals surface area (Å²) in [6, 6.07) is 5.33. The maximum Gasteiger partial charge on any atom is 0.326 e.